The molecule has 1 aliphatic rings. The number of halogens is 4. The highest BCUT2D eigenvalue weighted by Gasteiger charge is 2.46. The van der Waals surface area contributed by atoms with Gasteiger partial charge in [0.05, 0.1) is 46.3 Å². The Hall–Kier alpha value is -4.29. The van der Waals surface area contributed by atoms with Gasteiger partial charge in [-0.25, -0.2) is 14.4 Å². The zero-order valence-electron chi connectivity index (χ0n) is 19.7. The highest BCUT2D eigenvalue weighted by atomic mass is 19.4. The molecule has 1 saturated carbocycles. The van der Waals surface area contributed by atoms with Gasteiger partial charge in [0, 0.05) is 31.2 Å². The predicted molar refractivity (Wildman–Crippen MR) is 125 cm³/mol. The zero-order valence-corrected chi connectivity index (χ0v) is 19.7. The van der Waals surface area contributed by atoms with Gasteiger partial charge in [-0.3, -0.25) is 24.3 Å². The quantitative estimate of drug-likeness (QED) is 0.329. The Bertz CT molecular complexity index is 1530. The first kappa shape index (κ1) is 24.4. The molecule has 3 heterocycles. The third-order valence-corrected chi connectivity index (χ3v) is 6.36. The number of hydrazine groups is 1. The van der Waals surface area contributed by atoms with Crippen LogP contribution in [0.25, 0.3) is 21.8 Å². The molecule has 0 radical (unpaired) electrons. The van der Waals surface area contributed by atoms with Crippen molar-refractivity contribution >= 4 is 39.4 Å². The van der Waals surface area contributed by atoms with Gasteiger partial charge >= 0.3 is 6.18 Å². The van der Waals surface area contributed by atoms with Gasteiger partial charge in [-0.2, -0.15) is 18.3 Å². The molecule has 192 valence electrons. The Morgan fingerprint density at radius 3 is 2.51 bits per heavy atom. The average Bonchev–Trinajstić information content (AvgIpc) is 3.46. The largest absolute Gasteiger partial charge is 0.417 e. The number of amides is 2. The number of nitrogens with zero attached hydrogens (tertiary/aromatic N) is 6. The standard InChI is InChI=1S/C24H21F4N7O2/c1-33-20-16-7-12(3-6-19(16)32-21(29)17(20)10-31-33)22(36)35(34(2)23(37)15-8-18(15)25)11-14-5-4-13(9-30-14)24(26,27)28/h3-7,9-10,15,18H,8,11H2,1-2H3,(H2,29,32)/t15-,18+/m0/s1. The van der Waals surface area contributed by atoms with Gasteiger partial charge in [0.25, 0.3) is 5.91 Å². The van der Waals surface area contributed by atoms with Crippen LogP contribution in [-0.4, -0.2) is 54.8 Å². The Balaban J connectivity index is 1.53. The van der Waals surface area contributed by atoms with E-state index in [1.807, 2.05) is 0 Å². The molecule has 5 rings (SSSR count). The molecule has 2 amide bonds. The summed E-state index contributed by atoms with van der Waals surface area (Å²) < 4.78 is 54.1. The average molecular weight is 515 g/mol. The SMILES string of the molecule is CN(C(=O)[C@H]1C[C@H]1F)N(Cc1ccc(C(F)(F)F)cn1)C(=O)c1ccc2nc(N)c3cnn(C)c3c2c1. The number of rotatable bonds is 4. The lowest BCUT2D eigenvalue weighted by Crippen LogP contribution is -2.48. The third kappa shape index (κ3) is 4.41. The molecule has 9 nitrogen and oxygen atoms in total. The minimum Gasteiger partial charge on any atom is -0.383 e. The molecular formula is C24H21F4N7O2. The van der Waals surface area contributed by atoms with Crippen LogP contribution in [-0.2, 0) is 24.6 Å². The lowest BCUT2D eigenvalue weighted by molar-refractivity contribution is -0.144. The summed E-state index contributed by atoms with van der Waals surface area (Å²) in [6.45, 7) is -0.317. The first-order chi connectivity index (χ1) is 17.5. The molecule has 0 aliphatic heterocycles. The van der Waals surface area contributed by atoms with Crippen molar-refractivity contribution in [2.75, 3.05) is 12.8 Å². The molecule has 13 heteroatoms. The minimum atomic E-state index is -4.57. The van der Waals surface area contributed by atoms with Crippen LogP contribution in [0.1, 0.15) is 28.0 Å². The van der Waals surface area contributed by atoms with Crippen molar-refractivity contribution in [2.45, 2.75) is 25.3 Å². The van der Waals surface area contributed by atoms with E-state index in [2.05, 4.69) is 15.1 Å². The molecular weight excluding hydrogens is 494 g/mol. The number of aromatic nitrogens is 4. The van der Waals surface area contributed by atoms with E-state index in [-0.39, 0.29) is 30.0 Å². The summed E-state index contributed by atoms with van der Waals surface area (Å²) in [6.07, 6.45) is -3.61. The normalized spacial score (nSPS) is 17.2. The van der Waals surface area contributed by atoms with Crippen LogP contribution in [0.4, 0.5) is 23.4 Å². The number of hydrogen-bond acceptors (Lipinski definition) is 6. The van der Waals surface area contributed by atoms with Crippen LogP contribution in [0.2, 0.25) is 0 Å². The maximum atomic E-state index is 13.7. The molecule has 2 atom stereocenters. The predicted octanol–water partition coefficient (Wildman–Crippen LogP) is 3.49. The van der Waals surface area contributed by atoms with Crippen LogP contribution < -0.4 is 5.73 Å². The lowest BCUT2D eigenvalue weighted by atomic mass is 10.1. The number of carbonyl (C=O) groups excluding carboxylic acids is 2. The fourth-order valence-electron chi connectivity index (χ4n) is 4.17. The number of anilines is 1. The highest BCUT2D eigenvalue weighted by Crippen LogP contribution is 2.36. The van der Waals surface area contributed by atoms with Gasteiger partial charge in [-0.05, 0) is 36.8 Å². The van der Waals surface area contributed by atoms with E-state index < -0.39 is 35.6 Å². The van der Waals surface area contributed by atoms with Gasteiger partial charge in [-0.1, -0.05) is 0 Å². The van der Waals surface area contributed by atoms with Crippen molar-refractivity contribution in [3.05, 3.63) is 59.5 Å². The zero-order chi connectivity index (χ0) is 26.6. The summed E-state index contributed by atoms with van der Waals surface area (Å²) in [6, 6.07) is 6.65. The number of aryl methyl sites for hydroxylation is 1. The molecule has 0 saturated heterocycles. The number of fused-ring (bicyclic) bond motifs is 3. The van der Waals surface area contributed by atoms with Crippen molar-refractivity contribution in [3.8, 4) is 0 Å². The number of nitrogens with two attached hydrogens (primary N) is 1. The van der Waals surface area contributed by atoms with Crippen LogP contribution >= 0.6 is 0 Å². The summed E-state index contributed by atoms with van der Waals surface area (Å²) in [4.78, 5) is 34.6. The Kier molecular flexibility index (Phi) is 5.72. The maximum Gasteiger partial charge on any atom is 0.417 e. The maximum absolute atomic E-state index is 13.7. The van der Waals surface area contributed by atoms with Crippen molar-refractivity contribution in [1.29, 1.82) is 0 Å². The second kappa shape index (κ2) is 8.68. The second-order valence-electron chi connectivity index (χ2n) is 8.88. The second-order valence-corrected chi connectivity index (χ2v) is 8.88. The van der Waals surface area contributed by atoms with E-state index in [9.17, 15) is 27.2 Å². The highest BCUT2D eigenvalue weighted by molar-refractivity contribution is 6.10. The molecule has 2 N–H and O–H groups in total. The molecule has 0 bridgehead atoms. The number of hydrogen-bond donors (Lipinski definition) is 1. The number of alkyl halides is 4. The van der Waals surface area contributed by atoms with Crippen LogP contribution in [0.5, 0.6) is 0 Å². The van der Waals surface area contributed by atoms with Gasteiger partial charge in [0.1, 0.15) is 12.0 Å². The van der Waals surface area contributed by atoms with Crippen LogP contribution in [0.15, 0.2) is 42.7 Å². The molecule has 1 aromatic carbocycles. The Labute approximate surface area is 207 Å². The summed E-state index contributed by atoms with van der Waals surface area (Å²) >= 11 is 0. The van der Waals surface area contributed by atoms with Gasteiger partial charge in [0.15, 0.2) is 0 Å². The smallest absolute Gasteiger partial charge is 0.383 e. The van der Waals surface area contributed by atoms with Gasteiger partial charge in [0.2, 0.25) is 5.91 Å². The Morgan fingerprint density at radius 1 is 1.16 bits per heavy atom. The fourth-order valence-corrected chi connectivity index (χ4v) is 4.17. The summed E-state index contributed by atoms with van der Waals surface area (Å²) in [5.41, 5.74) is 6.53. The summed E-state index contributed by atoms with van der Waals surface area (Å²) in [7, 11) is 3.03. The molecule has 0 unspecified atom stereocenters. The Morgan fingerprint density at radius 2 is 1.89 bits per heavy atom. The monoisotopic (exact) mass is 515 g/mol. The first-order valence-electron chi connectivity index (χ1n) is 11.2. The minimum absolute atomic E-state index is 0.0469. The molecule has 0 spiro atoms. The molecule has 4 aromatic rings. The van der Waals surface area contributed by atoms with Gasteiger partial charge in [-0.15, -0.1) is 0 Å². The van der Waals surface area contributed by atoms with E-state index in [1.165, 1.54) is 13.1 Å². The number of nitrogen functional groups attached to an aromatic ring is 1. The summed E-state index contributed by atoms with van der Waals surface area (Å²) in [5, 5.41) is 7.42. The van der Waals surface area contributed by atoms with E-state index in [0.717, 1.165) is 22.2 Å². The van der Waals surface area contributed by atoms with Crippen molar-refractivity contribution in [1.82, 2.24) is 29.8 Å². The van der Waals surface area contributed by atoms with Crippen molar-refractivity contribution < 1.29 is 27.2 Å². The topological polar surface area (TPSA) is 110 Å². The lowest BCUT2D eigenvalue weighted by Gasteiger charge is -2.32. The van der Waals surface area contributed by atoms with E-state index in [4.69, 9.17) is 5.73 Å². The third-order valence-electron chi connectivity index (χ3n) is 6.36. The molecule has 37 heavy (non-hydrogen) atoms. The van der Waals surface area contributed by atoms with E-state index in [1.54, 1.807) is 30.1 Å². The first-order valence-corrected chi connectivity index (χ1v) is 11.2. The van der Waals surface area contributed by atoms with Gasteiger partial charge < -0.3 is 5.73 Å². The molecule has 3 aromatic heterocycles. The summed E-state index contributed by atoms with van der Waals surface area (Å²) in [5.74, 6) is -1.85. The molecule has 1 aliphatic carbocycles. The van der Waals surface area contributed by atoms with E-state index >= 15 is 0 Å². The fraction of sp³-hybridized carbons (Fsp3) is 0.292. The van der Waals surface area contributed by atoms with Crippen molar-refractivity contribution in [2.24, 2.45) is 13.0 Å². The number of pyridine rings is 2. The molecule has 1 fully saturated rings. The van der Waals surface area contributed by atoms with Crippen LogP contribution in [0, 0.1) is 5.92 Å². The van der Waals surface area contributed by atoms with Crippen molar-refractivity contribution in [3.63, 3.8) is 0 Å². The number of carbonyl (C=O) groups is 2. The number of benzene rings is 1. The van der Waals surface area contributed by atoms with E-state index in [0.29, 0.717) is 28.0 Å². The van der Waals surface area contributed by atoms with Crippen LogP contribution in [0.3, 0.4) is 0 Å².